The van der Waals surface area contributed by atoms with Crippen LogP contribution in [0.15, 0.2) is 71.2 Å². The molecule has 0 nitrogen and oxygen atoms in total. The van der Waals surface area contributed by atoms with E-state index in [9.17, 15) is 0 Å². The summed E-state index contributed by atoms with van der Waals surface area (Å²) < 4.78 is 1.10. The smallest absolute Gasteiger partial charge is 0.0625 e. The lowest BCUT2D eigenvalue weighted by molar-refractivity contribution is 0.922. The standard InChI is InChI=1S/C18H14BrCl/c19-17-9-8-14-11-16(7-6-15(14)12-17)18(20)10-13-4-2-1-3-5-13/h1-9,11-12,18H,10H2. The predicted molar refractivity (Wildman–Crippen MR) is 90.4 cm³/mol. The van der Waals surface area contributed by atoms with Crippen molar-refractivity contribution in [2.75, 3.05) is 0 Å². The summed E-state index contributed by atoms with van der Waals surface area (Å²) in [4.78, 5) is 0. The van der Waals surface area contributed by atoms with Crippen LogP contribution in [0.1, 0.15) is 16.5 Å². The zero-order chi connectivity index (χ0) is 13.9. The quantitative estimate of drug-likeness (QED) is 0.501. The first-order valence-electron chi connectivity index (χ1n) is 6.59. The number of alkyl halides is 1. The molecule has 0 heterocycles. The normalized spacial score (nSPS) is 12.5. The van der Waals surface area contributed by atoms with Crippen LogP contribution in [0.25, 0.3) is 10.8 Å². The maximum absolute atomic E-state index is 6.56. The van der Waals surface area contributed by atoms with Crippen LogP contribution in [-0.2, 0) is 6.42 Å². The van der Waals surface area contributed by atoms with Crippen molar-refractivity contribution >= 4 is 38.3 Å². The molecule has 0 amide bonds. The largest absolute Gasteiger partial charge is 0.117 e. The third-order valence-corrected chi connectivity index (χ3v) is 4.35. The van der Waals surface area contributed by atoms with Gasteiger partial charge in [-0.15, -0.1) is 11.6 Å². The van der Waals surface area contributed by atoms with Crippen LogP contribution < -0.4 is 0 Å². The van der Waals surface area contributed by atoms with Gasteiger partial charge in [0.25, 0.3) is 0 Å². The van der Waals surface area contributed by atoms with E-state index in [-0.39, 0.29) is 5.38 Å². The van der Waals surface area contributed by atoms with Gasteiger partial charge in [-0.2, -0.15) is 0 Å². The summed E-state index contributed by atoms with van der Waals surface area (Å²) >= 11 is 10.1. The van der Waals surface area contributed by atoms with E-state index >= 15 is 0 Å². The molecule has 0 spiro atoms. The van der Waals surface area contributed by atoms with Crippen molar-refractivity contribution in [2.24, 2.45) is 0 Å². The first-order chi connectivity index (χ1) is 9.72. The van der Waals surface area contributed by atoms with Gasteiger partial charge in [0.05, 0.1) is 5.38 Å². The first kappa shape index (κ1) is 13.7. The molecule has 20 heavy (non-hydrogen) atoms. The Morgan fingerprint density at radius 3 is 2.35 bits per heavy atom. The summed E-state index contributed by atoms with van der Waals surface area (Å²) in [5.41, 5.74) is 2.44. The number of benzene rings is 3. The van der Waals surface area contributed by atoms with E-state index in [2.05, 4.69) is 76.6 Å². The Morgan fingerprint density at radius 1 is 0.850 bits per heavy atom. The van der Waals surface area contributed by atoms with Gasteiger partial charge in [-0.3, -0.25) is 0 Å². The lowest BCUT2D eigenvalue weighted by atomic mass is 10.0. The topological polar surface area (TPSA) is 0 Å². The monoisotopic (exact) mass is 344 g/mol. The number of fused-ring (bicyclic) bond motifs is 1. The van der Waals surface area contributed by atoms with Gasteiger partial charge in [0.1, 0.15) is 0 Å². The molecule has 0 aliphatic rings. The van der Waals surface area contributed by atoms with E-state index < -0.39 is 0 Å². The maximum Gasteiger partial charge on any atom is 0.0625 e. The zero-order valence-electron chi connectivity index (χ0n) is 10.9. The van der Waals surface area contributed by atoms with Crippen LogP contribution in [0.5, 0.6) is 0 Å². The summed E-state index contributed by atoms with van der Waals surface area (Å²) in [5.74, 6) is 0. The van der Waals surface area contributed by atoms with Gasteiger partial charge in [-0.05, 0) is 46.5 Å². The second-order valence-electron chi connectivity index (χ2n) is 4.91. The van der Waals surface area contributed by atoms with E-state index in [0.717, 1.165) is 10.9 Å². The van der Waals surface area contributed by atoms with Gasteiger partial charge in [0.15, 0.2) is 0 Å². The van der Waals surface area contributed by atoms with Gasteiger partial charge >= 0.3 is 0 Å². The number of hydrogen-bond donors (Lipinski definition) is 0. The molecule has 3 aromatic rings. The molecule has 0 aliphatic heterocycles. The third-order valence-electron chi connectivity index (χ3n) is 3.45. The zero-order valence-corrected chi connectivity index (χ0v) is 13.2. The SMILES string of the molecule is ClC(Cc1ccccc1)c1ccc2cc(Br)ccc2c1. The van der Waals surface area contributed by atoms with Crippen molar-refractivity contribution in [1.29, 1.82) is 0 Å². The number of halogens is 2. The summed E-state index contributed by atoms with van der Waals surface area (Å²) in [6, 6.07) is 23.1. The molecule has 3 aromatic carbocycles. The second kappa shape index (κ2) is 5.99. The molecule has 0 saturated heterocycles. The van der Waals surface area contributed by atoms with Gasteiger partial charge in [-0.25, -0.2) is 0 Å². The van der Waals surface area contributed by atoms with Crippen LogP contribution in [0.3, 0.4) is 0 Å². The number of hydrogen-bond acceptors (Lipinski definition) is 0. The highest BCUT2D eigenvalue weighted by Gasteiger charge is 2.09. The second-order valence-corrected chi connectivity index (χ2v) is 6.35. The molecule has 1 unspecified atom stereocenters. The summed E-state index contributed by atoms with van der Waals surface area (Å²) in [6.07, 6.45) is 0.852. The van der Waals surface area contributed by atoms with Crippen molar-refractivity contribution in [3.05, 3.63) is 82.3 Å². The van der Waals surface area contributed by atoms with Gasteiger partial charge in [-0.1, -0.05) is 64.5 Å². The molecule has 0 radical (unpaired) electrons. The van der Waals surface area contributed by atoms with Crippen LogP contribution in [-0.4, -0.2) is 0 Å². The first-order valence-corrected chi connectivity index (χ1v) is 7.82. The summed E-state index contributed by atoms with van der Waals surface area (Å²) in [7, 11) is 0. The van der Waals surface area contributed by atoms with Gasteiger partial charge in [0.2, 0.25) is 0 Å². The van der Waals surface area contributed by atoms with Crippen LogP contribution in [0, 0.1) is 0 Å². The van der Waals surface area contributed by atoms with Crippen molar-refractivity contribution in [2.45, 2.75) is 11.8 Å². The Labute approximate surface area is 132 Å². The number of rotatable bonds is 3. The highest BCUT2D eigenvalue weighted by molar-refractivity contribution is 9.10. The lowest BCUT2D eigenvalue weighted by Crippen LogP contribution is -1.95. The van der Waals surface area contributed by atoms with Crippen molar-refractivity contribution in [3.8, 4) is 0 Å². The molecule has 0 N–H and O–H groups in total. The Morgan fingerprint density at radius 2 is 1.55 bits per heavy atom. The summed E-state index contributed by atoms with van der Waals surface area (Å²) in [6.45, 7) is 0. The molecule has 0 aliphatic carbocycles. The van der Waals surface area contributed by atoms with Crippen molar-refractivity contribution < 1.29 is 0 Å². The molecule has 2 heteroatoms. The molecular weight excluding hydrogens is 332 g/mol. The predicted octanol–water partition coefficient (Wildman–Crippen LogP) is 6.12. The highest BCUT2D eigenvalue weighted by Crippen LogP contribution is 2.29. The molecule has 0 aromatic heterocycles. The van der Waals surface area contributed by atoms with E-state index in [1.165, 1.54) is 21.9 Å². The van der Waals surface area contributed by atoms with Gasteiger partial charge in [0, 0.05) is 4.47 Å². The fourth-order valence-electron chi connectivity index (χ4n) is 2.37. The molecule has 1 atom stereocenters. The third kappa shape index (κ3) is 3.05. The minimum atomic E-state index is 0.00504. The lowest BCUT2D eigenvalue weighted by Gasteiger charge is -2.11. The van der Waals surface area contributed by atoms with Crippen LogP contribution in [0.4, 0.5) is 0 Å². The minimum Gasteiger partial charge on any atom is -0.117 e. The Kier molecular flexibility index (Phi) is 4.09. The molecule has 100 valence electrons. The Balaban J connectivity index is 1.88. The Bertz CT molecular complexity index is 722. The molecule has 0 bridgehead atoms. The van der Waals surface area contributed by atoms with Crippen LogP contribution >= 0.6 is 27.5 Å². The van der Waals surface area contributed by atoms with Crippen molar-refractivity contribution in [3.63, 3.8) is 0 Å². The maximum atomic E-state index is 6.56. The highest BCUT2D eigenvalue weighted by atomic mass is 79.9. The van der Waals surface area contributed by atoms with Crippen molar-refractivity contribution in [1.82, 2.24) is 0 Å². The van der Waals surface area contributed by atoms with Crippen LogP contribution in [0.2, 0.25) is 0 Å². The van der Waals surface area contributed by atoms with E-state index in [4.69, 9.17) is 11.6 Å². The average molecular weight is 346 g/mol. The molecule has 3 rings (SSSR count). The molecule has 0 fully saturated rings. The fourth-order valence-corrected chi connectivity index (χ4v) is 3.06. The van der Waals surface area contributed by atoms with E-state index in [0.29, 0.717) is 0 Å². The van der Waals surface area contributed by atoms with Gasteiger partial charge < -0.3 is 0 Å². The fraction of sp³-hybridized carbons (Fsp3) is 0.111. The van der Waals surface area contributed by atoms with E-state index in [1.54, 1.807) is 0 Å². The summed E-state index contributed by atoms with van der Waals surface area (Å²) in [5, 5.41) is 2.46. The molecule has 0 saturated carbocycles. The average Bonchev–Trinajstić information content (AvgIpc) is 2.47. The Hall–Kier alpha value is -1.31. The minimum absolute atomic E-state index is 0.00504. The van der Waals surface area contributed by atoms with E-state index in [1.807, 2.05) is 6.07 Å². The molecular formula is C18H14BrCl.